The van der Waals surface area contributed by atoms with Crippen LogP contribution in [-0.2, 0) is 37.6 Å². The fraction of sp³-hybridized carbons (Fsp3) is 0.333. The molecule has 1 amide bonds. The van der Waals surface area contributed by atoms with Crippen molar-refractivity contribution in [3.05, 3.63) is 29.3 Å². The van der Waals surface area contributed by atoms with Crippen LogP contribution in [0.4, 0.5) is 0 Å². The lowest BCUT2D eigenvalue weighted by Gasteiger charge is -2.08. The van der Waals surface area contributed by atoms with E-state index in [9.17, 15) is 18.0 Å². The number of nitrogens with one attached hydrogen (secondary N) is 2. The number of carbonyl (C=O) groups excluding carboxylic acids is 1. The van der Waals surface area contributed by atoms with Gasteiger partial charge >= 0.3 is 5.97 Å². The molecule has 3 N–H and O–H groups in total. The smallest absolute Gasteiger partial charge is 0.322 e. The summed E-state index contributed by atoms with van der Waals surface area (Å²) in [7, 11) is -3.83. The fourth-order valence-electron chi connectivity index (χ4n) is 1.80. The van der Waals surface area contributed by atoms with Crippen LogP contribution < -0.4 is 10.0 Å². The highest BCUT2D eigenvalue weighted by Gasteiger charge is 2.19. The van der Waals surface area contributed by atoms with Crippen LogP contribution in [0.3, 0.4) is 0 Å². The maximum absolute atomic E-state index is 12.0. The van der Waals surface area contributed by atoms with Crippen LogP contribution in [0.5, 0.6) is 0 Å². The highest BCUT2D eigenvalue weighted by atomic mass is 32.2. The molecule has 0 radical (unpaired) electrons. The van der Waals surface area contributed by atoms with Crippen LogP contribution in [0.2, 0.25) is 0 Å². The first kappa shape index (κ1) is 15.4. The van der Waals surface area contributed by atoms with Crippen molar-refractivity contribution in [1.82, 2.24) is 10.0 Å². The molecule has 0 saturated heterocycles. The van der Waals surface area contributed by atoms with Crippen LogP contribution in [-0.4, -0.2) is 38.5 Å². The van der Waals surface area contributed by atoms with Gasteiger partial charge in [-0.25, -0.2) is 13.1 Å². The zero-order chi connectivity index (χ0) is 15.5. The van der Waals surface area contributed by atoms with Crippen LogP contribution in [0.25, 0.3) is 0 Å². The summed E-state index contributed by atoms with van der Waals surface area (Å²) < 4.78 is 31.4. The summed E-state index contributed by atoms with van der Waals surface area (Å²) in [6.45, 7) is -0.265. The van der Waals surface area contributed by atoms with Gasteiger partial charge in [-0.05, 0) is 23.3 Å². The van der Waals surface area contributed by atoms with E-state index in [1.807, 2.05) is 0 Å². The molecule has 114 valence electrons. The molecule has 0 saturated carbocycles. The number of rotatable bonds is 6. The van der Waals surface area contributed by atoms with Gasteiger partial charge < -0.3 is 15.2 Å². The molecule has 1 aromatic rings. The fourth-order valence-corrected chi connectivity index (χ4v) is 2.83. The summed E-state index contributed by atoms with van der Waals surface area (Å²) in [5, 5.41) is 10.5. The second kappa shape index (κ2) is 6.20. The van der Waals surface area contributed by atoms with Gasteiger partial charge in [0, 0.05) is 0 Å². The average molecular weight is 314 g/mol. The summed E-state index contributed by atoms with van der Waals surface area (Å²) in [6.07, 6.45) is 0. The average Bonchev–Trinajstić information content (AvgIpc) is 2.90. The molecule has 9 heteroatoms. The maximum atomic E-state index is 12.0. The molecule has 0 unspecified atom stereocenters. The third-order valence-electron chi connectivity index (χ3n) is 2.86. The molecule has 0 aliphatic carbocycles. The van der Waals surface area contributed by atoms with E-state index in [1.165, 1.54) is 12.1 Å². The molecule has 0 fully saturated rings. The van der Waals surface area contributed by atoms with Crippen molar-refractivity contribution in [3.63, 3.8) is 0 Å². The number of amides is 1. The molecule has 1 aromatic carbocycles. The minimum absolute atomic E-state index is 0.0396. The SMILES string of the molecule is O=C(O)CNC(=O)CNS(=O)(=O)c1ccc2c(c1)COC2. The zero-order valence-corrected chi connectivity index (χ0v) is 11.8. The molecule has 21 heavy (non-hydrogen) atoms. The van der Waals surface area contributed by atoms with Crippen molar-refractivity contribution in [2.45, 2.75) is 18.1 Å². The molecule has 1 aliphatic heterocycles. The predicted molar refractivity (Wildman–Crippen MR) is 70.8 cm³/mol. The van der Waals surface area contributed by atoms with E-state index in [-0.39, 0.29) is 4.90 Å². The minimum Gasteiger partial charge on any atom is -0.480 e. The molecule has 0 atom stereocenters. The second-order valence-electron chi connectivity index (χ2n) is 4.42. The first-order valence-corrected chi connectivity index (χ1v) is 7.54. The van der Waals surface area contributed by atoms with E-state index in [0.29, 0.717) is 13.2 Å². The van der Waals surface area contributed by atoms with Crippen LogP contribution in [0, 0.1) is 0 Å². The topological polar surface area (TPSA) is 122 Å². The minimum atomic E-state index is -3.83. The number of fused-ring (bicyclic) bond motifs is 1. The van der Waals surface area contributed by atoms with Crippen molar-refractivity contribution in [1.29, 1.82) is 0 Å². The number of carboxylic acid groups (broad SMARTS) is 1. The number of benzene rings is 1. The van der Waals surface area contributed by atoms with Gasteiger partial charge in [0.15, 0.2) is 0 Å². The number of ether oxygens (including phenoxy) is 1. The quantitative estimate of drug-likeness (QED) is 0.631. The third kappa shape index (κ3) is 4.00. The number of carbonyl (C=O) groups is 2. The monoisotopic (exact) mass is 314 g/mol. The van der Waals surface area contributed by atoms with E-state index < -0.39 is 35.0 Å². The van der Waals surface area contributed by atoms with E-state index in [4.69, 9.17) is 9.84 Å². The highest BCUT2D eigenvalue weighted by molar-refractivity contribution is 7.89. The summed E-state index contributed by atoms with van der Waals surface area (Å²) in [6, 6.07) is 4.60. The normalized spacial score (nSPS) is 13.7. The van der Waals surface area contributed by atoms with Crippen molar-refractivity contribution in [2.24, 2.45) is 0 Å². The van der Waals surface area contributed by atoms with E-state index in [0.717, 1.165) is 11.1 Å². The van der Waals surface area contributed by atoms with Gasteiger partial charge in [-0.15, -0.1) is 0 Å². The summed E-state index contributed by atoms with van der Waals surface area (Å²) >= 11 is 0. The van der Waals surface area contributed by atoms with Crippen LogP contribution >= 0.6 is 0 Å². The van der Waals surface area contributed by atoms with Crippen molar-refractivity contribution in [2.75, 3.05) is 13.1 Å². The summed E-state index contributed by atoms with van der Waals surface area (Å²) in [5.41, 5.74) is 1.74. The lowest BCUT2D eigenvalue weighted by molar-refractivity contribution is -0.137. The van der Waals surface area contributed by atoms with Crippen LogP contribution in [0.1, 0.15) is 11.1 Å². The maximum Gasteiger partial charge on any atom is 0.322 e. The van der Waals surface area contributed by atoms with Gasteiger partial charge in [-0.2, -0.15) is 0 Å². The Morgan fingerprint density at radius 1 is 1.19 bits per heavy atom. The lowest BCUT2D eigenvalue weighted by atomic mass is 10.1. The van der Waals surface area contributed by atoms with E-state index in [2.05, 4.69) is 10.0 Å². The first-order valence-electron chi connectivity index (χ1n) is 6.06. The highest BCUT2D eigenvalue weighted by Crippen LogP contribution is 2.22. The number of sulfonamides is 1. The van der Waals surface area contributed by atoms with Crippen LogP contribution in [0.15, 0.2) is 23.1 Å². The lowest BCUT2D eigenvalue weighted by Crippen LogP contribution is -2.39. The standard InChI is InChI=1S/C12H14N2O6S/c15-11(13-5-12(16)17)4-14-21(18,19)10-2-1-8-6-20-7-9(8)3-10/h1-3,14H,4-7H2,(H,13,15)(H,16,17). The van der Waals surface area contributed by atoms with Gasteiger partial charge in [0.1, 0.15) is 6.54 Å². The summed E-state index contributed by atoms with van der Waals surface area (Å²) in [4.78, 5) is 21.6. The van der Waals surface area contributed by atoms with Crippen molar-refractivity contribution >= 4 is 21.9 Å². The van der Waals surface area contributed by atoms with E-state index in [1.54, 1.807) is 6.07 Å². The van der Waals surface area contributed by atoms with Gasteiger partial charge in [-0.3, -0.25) is 9.59 Å². The van der Waals surface area contributed by atoms with Gasteiger partial charge in [0.05, 0.1) is 24.7 Å². The van der Waals surface area contributed by atoms with Gasteiger partial charge in [0.2, 0.25) is 15.9 Å². The Balaban J connectivity index is 1.99. The second-order valence-corrected chi connectivity index (χ2v) is 6.19. The van der Waals surface area contributed by atoms with Crippen molar-refractivity contribution < 1.29 is 27.9 Å². The molecule has 0 spiro atoms. The molecular formula is C12H14N2O6S. The number of hydrogen-bond donors (Lipinski definition) is 3. The Morgan fingerprint density at radius 3 is 2.62 bits per heavy atom. The molecule has 0 bridgehead atoms. The molecule has 1 aliphatic rings. The Labute approximate surface area is 121 Å². The molecule has 2 rings (SSSR count). The number of carboxylic acids is 1. The zero-order valence-electron chi connectivity index (χ0n) is 11.0. The third-order valence-corrected chi connectivity index (χ3v) is 4.26. The number of hydrogen-bond acceptors (Lipinski definition) is 5. The van der Waals surface area contributed by atoms with Gasteiger partial charge in [0.25, 0.3) is 0 Å². The molecular weight excluding hydrogens is 300 g/mol. The first-order chi connectivity index (χ1) is 9.88. The Hall–Kier alpha value is -1.97. The summed E-state index contributed by atoms with van der Waals surface area (Å²) in [5.74, 6) is -1.92. The molecule has 1 heterocycles. The largest absolute Gasteiger partial charge is 0.480 e. The number of aliphatic carboxylic acids is 1. The molecule has 8 nitrogen and oxygen atoms in total. The molecule has 0 aromatic heterocycles. The van der Waals surface area contributed by atoms with Crippen molar-refractivity contribution in [3.8, 4) is 0 Å². The Kier molecular flexibility index (Phi) is 4.56. The predicted octanol–water partition coefficient (Wildman–Crippen LogP) is -0.804. The van der Waals surface area contributed by atoms with E-state index >= 15 is 0 Å². The Morgan fingerprint density at radius 2 is 1.90 bits per heavy atom. The Bertz CT molecular complexity index is 670. The van der Waals surface area contributed by atoms with Gasteiger partial charge in [-0.1, -0.05) is 6.07 Å².